The third-order valence-electron chi connectivity index (χ3n) is 2.69. The van der Waals surface area contributed by atoms with E-state index in [-0.39, 0.29) is 12.2 Å². The van der Waals surface area contributed by atoms with E-state index in [2.05, 4.69) is 21.9 Å². The minimum absolute atomic E-state index is 0.106. The van der Waals surface area contributed by atoms with Crippen molar-refractivity contribution in [2.75, 3.05) is 7.11 Å². The lowest BCUT2D eigenvalue weighted by Crippen LogP contribution is -2.29. The van der Waals surface area contributed by atoms with Crippen LogP contribution in [0.25, 0.3) is 0 Å². The summed E-state index contributed by atoms with van der Waals surface area (Å²) in [5.41, 5.74) is 0.474. The first kappa shape index (κ1) is 16.6. The molecule has 0 N–H and O–H groups in total. The molecule has 122 valence electrons. The predicted octanol–water partition coefficient (Wildman–Crippen LogP) is 2.12. The molecule has 0 saturated heterocycles. The average molecular weight is 327 g/mol. The van der Waals surface area contributed by atoms with Crippen molar-refractivity contribution in [1.29, 1.82) is 0 Å². The van der Waals surface area contributed by atoms with Gasteiger partial charge in [-0.15, -0.1) is 13.2 Å². The normalized spacial score (nSPS) is 11.0. The smallest absolute Gasteiger partial charge is 0.397 e. The highest BCUT2D eigenvalue weighted by molar-refractivity contribution is 5.91. The summed E-state index contributed by atoms with van der Waals surface area (Å²) in [7, 11) is 2.97. The molecule has 0 spiro atoms. The van der Waals surface area contributed by atoms with Gasteiger partial charge in [0.15, 0.2) is 5.75 Å². The van der Waals surface area contributed by atoms with E-state index in [0.717, 1.165) is 11.1 Å². The molecule has 1 heterocycles. The molecular formula is C14H12F3N3O3. The van der Waals surface area contributed by atoms with Crippen molar-refractivity contribution in [3.63, 3.8) is 0 Å². The number of hydroxylamine groups is 2. The Labute approximate surface area is 130 Å². The second-order valence-corrected chi connectivity index (χ2v) is 4.49. The number of halogens is 3. The number of carbonyl (C=O) groups is 1. The Bertz CT molecular complexity index is 685. The predicted molar refractivity (Wildman–Crippen MR) is 70.9 cm³/mol. The minimum atomic E-state index is -4.83. The first-order valence-electron chi connectivity index (χ1n) is 6.30. The van der Waals surface area contributed by atoms with Crippen LogP contribution < -0.4 is 4.74 Å². The molecule has 0 fully saturated rings. The van der Waals surface area contributed by atoms with E-state index in [0.29, 0.717) is 5.56 Å². The molecule has 0 aliphatic heterocycles. The molecule has 0 unspecified atom stereocenters. The van der Waals surface area contributed by atoms with E-state index in [1.54, 1.807) is 11.6 Å². The van der Waals surface area contributed by atoms with Crippen LogP contribution in [0.4, 0.5) is 13.2 Å². The number of imidazole rings is 1. The quantitative estimate of drug-likeness (QED) is 0.790. The summed E-state index contributed by atoms with van der Waals surface area (Å²) in [4.78, 5) is 21.1. The lowest BCUT2D eigenvalue weighted by molar-refractivity contribution is -0.274. The van der Waals surface area contributed by atoms with E-state index in [1.165, 1.54) is 25.7 Å². The van der Waals surface area contributed by atoms with Crippen LogP contribution in [0, 0.1) is 12.1 Å². The number of nitrogens with zero attached hydrogens (tertiary/aromatic N) is 3. The maximum absolute atomic E-state index is 12.2. The van der Waals surface area contributed by atoms with E-state index in [1.807, 2.05) is 0 Å². The zero-order valence-corrected chi connectivity index (χ0v) is 12.2. The summed E-state index contributed by atoms with van der Waals surface area (Å²) in [5, 5.41) is 0.961. The van der Waals surface area contributed by atoms with Crippen molar-refractivity contribution >= 4 is 5.91 Å². The molecular weight excluding hydrogens is 315 g/mol. The van der Waals surface area contributed by atoms with Gasteiger partial charge in [0.25, 0.3) is 5.91 Å². The lowest BCUT2D eigenvalue weighted by Gasteiger charge is -2.18. The molecule has 1 amide bonds. The molecule has 0 atom stereocenters. The zero-order chi connectivity index (χ0) is 17.0. The third-order valence-corrected chi connectivity index (χ3v) is 2.69. The highest BCUT2D eigenvalue weighted by atomic mass is 19.4. The summed E-state index contributed by atoms with van der Waals surface area (Å²) in [6.07, 6.45) is -1.88. The summed E-state index contributed by atoms with van der Waals surface area (Å²) in [5.74, 6) is -1.07. The molecule has 6 nitrogen and oxygen atoms in total. The highest BCUT2D eigenvalue weighted by Gasteiger charge is 2.31. The van der Waals surface area contributed by atoms with Crippen molar-refractivity contribution in [2.45, 2.75) is 12.9 Å². The summed E-state index contributed by atoms with van der Waals surface area (Å²) in [6.45, 7) is -0.106. The molecule has 2 aromatic rings. The topological polar surface area (TPSA) is 56.6 Å². The van der Waals surface area contributed by atoms with Crippen molar-refractivity contribution in [3.05, 3.63) is 48.0 Å². The Kier molecular flexibility index (Phi) is 4.76. The Morgan fingerprint density at radius 2 is 2.22 bits per heavy atom. The van der Waals surface area contributed by atoms with Gasteiger partial charge in [0.1, 0.15) is 5.69 Å². The van der Waals surface area contributed by atoms with Gasteiger partial charge in [-0.1, -0.05) is 6.07 Å². The fourth-order valence-corrected chi connectivity index (χ4v) is 1.75. The molecule has 23 heavy (non-hydrogen) atoms. The molecule has 0 saturated carbocycles. The van der Waals surface area contributed by atoms with Gasteiger partial charge in [-0.3, -0.25) is 9.63 Å². The molecule has 2 rings (SSSR count). The number of alkyl halides is 3. The van der Waals surface area contributed by atoms with Crippen LogP contribution in [0.3, 0.4) is 0 Å². The third kappa shape index (κ3) is 4.62. The second kappa shape index (κ2) is 6.58. The number of aryl methyl sites for hydroxylation is 1. The number of aromatic nitrogens is 2. The van der Waals surface area contributed by atoms with E-state index >= 15 is 0 Å². The molecule has 0 aliphatic carbocycles. The van der Waals surface area contributed by atoms with Crippen molar-refractivity contribution in [1.82, 2.24) is 14.6 Å². The molecule has 0 aliphatic rings. The number of rotatable bonds is 5. The SMILES string of the molecule is CON(Cc1cc#cc(OC(F)(F)F)c1)C(=O)c1cn(C)cn1. The molecule has 1 aromatic carbocycles. The van der Waals surface area contributed by atoms with E-state index in [9.17, 15) is 18.0 Å². The van der Waals surface area contributed by atoms with Gasteiger partial charge in [-0.05, 0) is 23.8 Å². The largest absolute Gasteiger partial charge is 0.573 e. The molecule has 0 radical (unpaired) electrons. The van der Waals surface area contributed by atoms with E-state index in [4.69, 9.17) is 4.84 Å². The van der Waals surface area contributed by atoms with Crippen LogP contribution >= 0.6 is 0 Å². The molecule has 0 bridgehead atoms. The van der Waals surface area contributed by atoms with E-state index < -0.39 is 18.0 Å². The standard InChI is InChI=1S/C14H12F3N3O3/c1-19-8-12(18-9-19)13(21)20(22-2)7-10-4-3-5-11(6-10)23-14(15,16)17/h4,6,8-9H,7H2,1-2H3. The Balaban J connectivity index is 2.12. The maximum atomic E-state index is 12.2. The minimum Gasteiger partial charge on any atom is -0.397 e. The van der Waals surface area contributed by atoms with Gasteiger partial charge in [-0.25, -0.2) is 10.0 Å². The monoisotopic (exact) mass is 327 g/mol. The van der Waals surface area contributed by atoms with Crippen molar-refractivity contribution < 1.29 is 27.5 Å². The summed E-state index contributed by atoms with van der Waals surface area (Å²) in [6, 6.07) is 7.07. The Morgan fingerprint density at radius 1 is 1.48 bits per heavy atom. The van der Waals surface area contributed by atoms with Crippen molar-refractivity contribution in [2.24, 2.45) is 7.05 Å². The molecule has 9 heteroatoms. The Hall–Kier alpha value is -2.73. The highest BCUT2D eigenvalue weighted by Crippen LogP contribution is 2.22. The van der Waals surface area contributed by atoms with Gasteiger partial charge in [0.05, 0.1) is 20.0 Å². The first-order valence-corrected chi connectivity index (χ1v) is 6.30. The summed E-state index contributed by atoms with van der Waals surface area (Å²) >= 11 is 0. The summed E-state index contributed by atoms with van der Waals surface area (Å²) < 4.78 is 41.9. The van der Waals surface area contributed by atoms with Gasteiger partial charge in [0.2, 0.25) is 0 Å². The van der Waals surface area contributed by atoms with Crippen LogP contribution in [-0.4, -0.2) is 34.0 Å². The van der Waals surface area contributed by atoms with Crippen molar-refractivity contribution in [3.8, 4) is 5.75 Å². The van der Waals surface area contributed by atoms with Gasteiger partial charge >= 0.3 is 6.36 Å². The fourth-order valence-electron chi connectivity index (χ4n) is 1.75. The van der Waals surface area contributed by atoms with Gasteiger partial charge < -0.3 is 9.30 Å². The van der Waals surface area contributed by atoms with Crippen LogP contribution in [0.15, 0.2) is 24.7 Å². The van der Waals surface area contributed by atoms with Crippen LogP contribution in [0.5, 0.6) is 5.75 Å². The Morgan fingerprint density at radius 3 is 2.78 bits per heavy atom. The van der Waals surface area contributed by atoms with Crippen LogP contribution in [0.1, 0.15) is 16.1 Å². The average Bonchev–Trinajstić information content (AvgIpc) is 2.89. The number of ether oxygens (including phenoxy) is 1. The fraction of sp³-hybridized carbons (Fsp3) is 0.286. The molecule has 1 aromatic heterocycles. The lowest BCUT2D eigenvalue weighted by atomic mass is 10.2. The van der Waals surface area contributed by atoms with Gasteiger partial charge in [0, 0.05) is 13.2 Å². The number of carbonyl (C=O) groups excluding carboxylic acids is 1. The number of hydrogen-bond donors (Lipinski definition) is 0. The van der Waals surface area contributed by atoms with Gasteiger partial charge in [-0.2, -0.15) is 0 Å². The number of hydrogen-bond acceptors (Lipinski definition) is 4. The van der Waals surface area contributed by atoms with Crippen LogP contribution in [0.2, 0.25) is 0 Å². The first-order chi connectivity index (χ1) is 10.8. The number of amides is 1. The maximum Gasteiger partial charge on any atom is 0.573 e. The second-order valence-electron chi connectivity index (χ2n) is 4.49. The zero-order valence-electron chi connectivity index (χ0n) is 12.2. The van der Waals surface area contributed by atoms with Crippen LogP contribution in [-0.2, 0) is 18.4 Å².